The molecule has 0 bridgehead atoms. The fourth-order valence-electron chi connectivity index (χ4n) is 1.34. The van der Waals surface area contributed by atoms with Crippen molar-refractivity contribution in [2.75, 3.05) is 11.5 Å². The molecule has 1 heterocycles. The van der Waals surface area contributed by atoms with Gasteiger partial charge in [-0.2, -0.15) is 11.8 Å². The Bertz CT molecular complexity index is 163. The molecule has 70 valence electrons. The first-order valence-electron chi connectivity index (χ1n) is 4.13. The Morgan fingerprint density at radius 3 is 3.00 bits per heavy atom. The maximum absolute atomic E-state index is 13.1. The fraction of sp³-hybridized carbons (Fsp3) is 0.875. The van der Waals surface area contributed by atoms with Gasteiger partial charge in [-0.15, -0.1) is 0 Å². The van der Waals surface area contributed by atoms with Crippen molar-refractivity contribution in [3.05, 3.63) is 0 Å². The van der Waals surface area contributed by atoms with Crippen LogP contribution in [0, 0.1) is 5.92 Å². The minimum Gasteiger partial charge on any atom is -0.481 e. The van der Waals surface area contributed by atoms with E-state index in [9.17, 15) is 9.18 Å². The van der Waals surface area contributed by atoms with Crippen LogP contribution in [-0.2, 0) is 4.79 Å². The van der Waals surface area contributed by atoms with E-state index in [-0.39, 0.29) is 12.3 Å². The molecule has 2 atom stereocenters. The van der Waals surface area contributed by atoms with E-state index in [1.54, 1.807) is 11.8 Å². The van der Waals surface area contributed by atoms with E-state index in [0.717, 1.165) is 11.5 Å². The smallest absolute Gasteiger partial charge is 0.303 e. The SMILES string of the molecule is O=C(O)CC[C@@H]1CSCC[C@H]1F. The molecule has 1 aliphatic rings. The van der Waals surface area contributed by atoms with Gasteiger partial charge in [-0.05, 0) is 30.3 Å². The topological polar surface area (TPSA) is 37.3 Å². The first-order chi connectivity index (χ1) is 5.70. The van der Waals surface area contributed by atoms with Crippen LogP contribution in [0.3, 0.4) is 0 Å². The summed E-state index contributed by atoms with van der Waals surface area (Å²) >= 11 is 1.73. The Kier molecular flexibility index (Phi) is 3.85. The average Bonchev–Trinajstić information content (AvgIpc) is 2.03. The maximum atomic E-state index is 13.1. The number of alkyl halides is 1. The lowest BCUT2D eigenvalue weighted by molar-refractivity contribution is -0.137. The number of rotatable bonds is 3. The number of carboxylic acids is 1. The number of hydrogen-bond donors (Lipinski definition) is 1. The molecule has 12 heavy (non-hydrogen) atoms. The number of halogens is 1. The summed E-state index contributed by atoms with van der Waals surface area (Å²) < 4.78 is 13.1. The summed E-state index contributed by atoms with van der Waals surface area (Å²) in [4.78, 5) is 10.2. The third kappa shape index (κ3) is 3.01. The molecule has 4 heteroatoms. The highest BCUT2D eigenvalue weighted by molar-refractivity contribution is 7.99. The molecule has 0 spiro atoms. The number of carboxylic acid groups (broad SMARTS) is 1. The summed E-state index contributed by atoms with van der Waals surface area (Å²) in [6.45, 7) is 0. The summed E-state index contributed by atoms with van der Waals surface area (Å²) in [6, 6.07) is 0. The zero-order chi connectivity index (χ0) is 8.97. The van der Waals surface area contributed by atoms with Crippen molar-refractivity contribution < 1.29 is 14.3 Å². The third-order valence-corrected chi connectivity index (χ3v) is 3.30. The van der Waals surface area contributed by atoms with Crippen LogP contribution >= 0.6 is 11.8 Å². The number of thioether (sulfide) groups is 1. The van der Waals surface area contributed by atoms with Crippen LogP contribution in [0.2, 0.25) is 0 Å². The molecule has 0 saturated carbocycles. The predicted molar refractivity (Wildman–Crippen MR) is 47.2 cm³/mol. The van der Waals surface area contributed by atoms with E-state index < -0.39 is 12.1 Å². The van der Waals surface area contributed by atoms with Crippen molar-refractivity contribution in [2.24, 2.45) is 5.92 Å². The van der Waals surface area contributed by atoms with Gasteiger partial charge in [0.25, 0.3) is 0 Å². The molecule has 0 aromatic heterocycles. The van der Waals surface area contributed by atoms with Crippen molar-refractivity contribution in [2.45, 2.75) is 25.4 Å². The van der Waals surface area contributed by atoms with Crippen molar-refractivity contribution in [3.63, 3.8) is 0 Å². The lowest BCUT2D eigenvalue weighted by atomic mass is 9.98. The van der Waals surface area contributed by atoms with Crippen molar-refractivity contribution >= 4 is 17.7 Å². The molecule has 1 saturated heterocycles. The van der Waals surface area contributed by atoms with Crippen molar-refractivity contribution in [1.82, 2.24) is 0 Å². The largest absolute Gasteiger partial charge is 0.481 e. The summed E-state index contributed by atoms with van der Waals surface area (Å²) in [5, 5.41) is 8.40. The number of aliphatic carboxylic acids is 1. The second-order valence-electron chi connectivity index (χ2n) is 3.07. The normalized spacial score (nSPS) is 30.1. The second kappa shape index (κ2) is 4.70. The van der Waals surface area contributed by atoms with Crippen LogP contribution in [0.4, 0.5) is 4.39 Å². The Hall–Kier alpha value is -0.250. The van der Waals surface area contributed by atoms with E-state index in [1.165, 1.54) is 0 Å². The van der Waals surface area contributed by atoms with E-state index >= 15 is 0 Å². The quantitative estimate of drug-likeness (QED) is 0.742. The Morgan fingerprint density at radius 1 is 1.67 bits per heavy atom. The molecule has 2 nitrogen and oxygen atoms in total. The summed E-state index contributed by atoms with van der Waals surface area (Å²) in [7, 11) is 0. The van der Waals surface area contributed by atoms with Crippen LogP contribution in [0.1, 0.15) is 19.3 Å². The zero-order valence-electron chi connectivity index (χ0n) is 6.83. The minimum absolute atomic E-state index is 0.0279. The van der Waals surface area contributed by atoms with Crippen LogP contribution in [-0.4, -0.2) is 28.8 Å². The summed E-state index contributed by atoms with van der Waals surface area (Å²) in [5.41, 5.74) is 0. The molecule has 0 radical (unpaired) electrons. The van der Waals surface area contributed by atoms with Gasteiger partial charge in [0, 0.05) is 6.42 Å². The summed E-state index contributed by atoms with van der Waals surface area (Å²) in [6.07, 6.45) is 0.412. The second-order valence-corrected chi connectivity index (χ2v) is 4.22. The van der Waals surface area contributed by atoms with Gasteiger partial charge in [0.15, 0.2) is 0 Å². The molecule has 1 aliphatic heterocycles. The standard InChI is InChI=1S/C8H13FO2S/c9-7-3-4-12-5-6(7)1-2-8(10)11/h6-7H,1-5H2,(H,10,11)/t6-,7-/m1/s1. The summed E-state index contributed by atoms with van der Waals surface area (Å²) in [5.74, 6) is 0.816. The van der Waals surface area contributed by atoms with E-state index in [0.29, 0.717) is 12.8 Å². The van der Waals surface area contributed by atoms with E-state index in [2.05, 4.69) is 0 Å². The van der Waals surface area contributed by atoms with Crippen LogP contribution in [0.5, 0.6) is 0 Å². The zero-order valence-corrected chi connectivity index (χ0v) is 7.65. The van der Waals surface area contributed by atoms with Gasteiger partial charge in [-0.25, -0.2) is 4.39 Å². The van der Waals surface area contributed by atoms with Gasteiger partial charge >= 0.3 is 5.97 Å². The van der Waals surface area contributed by atoms with Crippen LogP contribution < -0.4 is 0 Å². The van der Waals surface area contributed by atoms with Gasteiger partial charge in [0.2, 0.25) is 0 Å². The first-order valence-corrected chi connectivity index (χ1v) is 5.29. The molecule has 1 N–H and O–H groups in total. The Balaban J connectivity index is 2.24. The lowest BCUT2D eigenvalue weighted by Crippen LogP contribution is -2.24. The molecule has 1 fully saturated rings. The minimum atomic E-state index is -0.822. The number of carbonyl (C=O) groups is 1. The molecule has 0 amide bonds. The fourth-order valence-corrected chi connectivity index (χ4v) is 2.58. The highest BCUT2D eigenvalue weighted by Crippen LogP contribution is 2.28. The van der Waals surface area contributed by atoms with Gasteiger partial charge in [-0.3, -0.25) is 4.79 Å². The van der Waals surface area contributed by atoms with Crippen LogP contribution in [0.15, 0.2) is 0 Å². The third-order valence-electron chi connectivity index (χ3n) is 2.11. The highest BCUT2D eigenvalue weighted by Gasteiger charge is 2.25. The average molecular weight is 192 g/mol. The first kappa shape index (κ1) is 9.84. The number of hydrogen-bond acceptors (Lipinski definition) is 2. The molecule has 0 aromatic carbocycles. The monoisotopic (exact) mass is 192 g/mol. The van der Waals surface area contributed by atoms with Gasteiger partial charge in [0.05, 0.1) is 0 Å². The van der Waals surface area contributed by atoms with Gasteiger partial charge < -0.3 is 5.11 Å². The highest BCUT2D eigenvalue weighted by atomic mass is 32.2. The van der Waals surface area contributed by atoms with Crippen molar-refractivity contribution in [1.29, 1.82) is 0 Å². The predicted octanol–water partition coefficient (Wildman–Crippen LogP) is 1.94. The van der Waals surface area contributed by atoms with Gasteiger partial charge in [-0.1, -0.05) is 0 Å². The molecule has 0 aliphatic carbocycles. The van der Waals surface area contributed by atoms with E-state index in [1.807, 2.05) is 0 Å². The lowest BCUT2D eigenvalue weighted by Gasteiger charge is -2.24. The Labute approximate surface area is 75.5 Å². The molecule has 0 aromatic rings. The Morgan fingerprint density at radius 2 is 2.42 bits per heavy atom. The molecular formula is C8H13FO2S. The molecule has 0 unspecified atom stereocenters. The van der Waals surface area contributed by atoms with Gasteiger partial charge in [0.1, 0.15) is 6.17 Å². The van der Waals surface area contributed by atoms with E-state index in [4.69, 9.17) is 5.11 Å². The van der Waals surface area contributed by atoms with Crippen molar-refractivity contribution in [3.8, 4) is 0 Å². The van der Waals surface area contributed by atoms with Crippen LogP contribution in [0.25, 0.3) is 0 Å². The maximum Gasteiger partial charge on any atom is 0.303 e. The molecule has 1 rings (SSSR count). The molecular weight excluding hydrogens is 179 g/mol.